The number of hydrogen-bond donors (Lipinski definition) is 1. The van der Waals surface area contributed by atoms with Gasteiger partial charge in [-0.05, 0) is 25.1 Å². The minimum atomic E-state index is -3.22. The van der Waals surface area contributed by atoms with Gasteiger partial charge < -0.3 is 10.2 Å². The molecule has 0 spiro atoms. The van der Waals surface area contributed by atoms with E-state index >= 15 is 0 Å². The van der Waals surface area contributed by atoms with Crippen molar-refractivity contribution in [2.24, 2.45) is 0 Å². The third kappa shape index (κ3) is 3.88. The van der Waals surface area contributed by atoms with Crippen molar-refractivity contribution in [3.05, 3.63) is 29.0 Å². The molecule has 0 aliphatic carbocycles. The smallest absolute Gasteiger partial charge is 0.321 e. The molecule has 1 fully saturated rings. The molecule has 1 N–H and O–H groups in total. The molecule has 1 aromatic rings. The zero-order valence-electron chi connectivity index (χ0n) is 12.1. The number of urea groups is 1. The second-order valence-corrected chi connectivity index (χ2v) is 7.51. The first-order valence-corrected chi connectivity index (χ1v) is 8.81. The molecular weight excluding hydrogens is 333 g/mol. The van der Waals surface area contributed by atoms with E-state index in [1.165, 1.54) is 27.4 Å². The van der Waals surface area contributed by atoms with Crippen molar-refractivity contribution in [2.75, 3.05) is 37.2 Å². The molecule has 1 saturated heterocycles. The Hall–Kier alpha value is -1.38. The number of rotatable bonds is 3. The van der Waals surface area contributed by atoms with E-state index < -0.39 is 15.8 Å². The van der Waals surface area contributed by atoms with Crippen LogP contribution in [0.2, 0.25) is 5.02 Å². The second kappa shape index (κ2) is 6.80. The lowest BCUT2D eigenvalue weighted by Crippen LogP contribution is -2.51. The highest BCUT2D eigenvalue weighted by Crippen LogP contribution is 2.20. The Morgan fingerprint density at radius 1 is 1.32 bits per heavy atom. The van der Waals surface area contributed by atoms with Crippen LogP contribution in [0.1, 0.15) is 6.92 Å². The van der Waals surface area contributed by atoms with Crippen LogP contribution >= 0.6 is 11.6 Å². The predicted octanol–water partition coefficient (Wildman–Crippen LogP) is 1.98. The largest absolute Gasteiger partial charge is 0.322 e. The van der Waals surface area contributed by atoms with Gasteiger partial charge >= 0.3 is 6.03 Å². The van der Waals surface area contributed by atoms with Crippen LogP contribution in [0.4, 0.5) is 14.9 Å². The molecule has 0 atom stereocenters. The Labute approximate surface area is 133 Å². The first-order chi connectivity index (χ1) is 10.3. The van der Waals surface area contributed by atoms with Gasteiger partial charge in [0.1, 0.15) is 5.82 Å². The highest BCUT2D eigenvalue weighted by atomic mass is 35.5. The minimum Gasteiger partial charge on any atom is -0.322 e. The highest BCUT2D eigenvalue weighted by Gasteiger charge is 2.27. The fraction of sp³-hybridized carbons (Fsp3) is 0.462. The maximum atomic E-state index is 13.1. The lowest BCUT2D eigenvalue weighted by atomic mass is 10.3. The monoisotopic (exact) mass is 349 g/mol. The summed E-state index contributed by atoms with van der Waals surface area (Å²) in [5.41, 5.74) is 0.389. The molecule has 1 aliphatic heterocycles. The molecule has 1 aromatic carbocycles. The van der Waals surface area contributed by atoms with Crippen molar-refractivity contribution in [1.29, 1.82) is 0 Å². The number of anilines is 1. The number of piperazine rings is 1. The molecule has 1 aliphatic rings. The summed E-state index contributed by atoms with van der Waals surface area (Å²) in [5.74, 6) is -0.508. The summed E-state index contributed by atoms with van der Waals surface area (Å²) in [7, 11) is -3.22. The maximum absolute atomic E-state index is 13.1. The Morgan fingerprint density at radius 2 is 1.95 bits per heavy atom. The Bertz CT molecular complexity index is 660. The van der Waals surface area contributed by atoms with Crippen molar-refractivity contribution in [2.45, 2.75) is 6.92 Å². The number of sulfonamides is 1. The van der Waals surface area contributed by atoms with Gasteiger partial charge in [0.05, 0.1) is 10.8 Å². The van der Waals surface area contributed by atoms with Crippen LogP contribution in [0.25, 0.3) is 0 Å². The van der Waals surface area contributed by atoms with Gasteiger partial charge in [0.2, 0.25) is 10.0 Å². The van der Waals surface area contributed by atoms with Crippen molar-refractivity contribution in [1.82, 2.24) is 9.21 Å². The summed E-state index contributed by atoms with van der Waals surface area (Å²) >= 11 is 5.66. The highest BCUT2D eigenvalue weighted by molar-refractivity contribution is 7.89. The number of nitrogens with one attached hydrogen (secondary N) is 1. The number of hydrogen-bond acceptors (Lipinski definition) is 3. The number of carbonyl (C=O) groups is 1. The fourth-order valence-electron chi connectivity index (χ4n) is 2.13. The van der Waals surface area contributed by atoms with E-state index in [2.05, 4.69) is 5.32 Å². The maximum Gasteiger partial charge on any atom is 0.321 e. The number of benzene rings is 1. The van der Waals surface area contributed by atoms with Crippen LogP contribution in [0.15, 0.2) is 18.2 Å². The molecule has 0 radical (unpaired) electrons. The van der Waals surface area contributed by atoms with Gasteiger partial charge in [-0.25, -0.2) is 17.6 Å². The van der Waals surface area contributed by atoms with E-state index in [1.807, 2.05) is 0 Å². The SMILES string of the molecule is CCS(=O)(=O)N1CCN(C(=O)Nc2ccc(F)c(Cl)c2)CC1. The molecule has 0 aromatic heterocycles. The molecule has 122 valence electrons. The standard InChI is InChI=1S/C13H17ClFN3O3S/c1-2-22(20,21)18-7-5-17(6-8-18)13(19)16-10-3-4-12(15)11(14)9-10/h3-4,9H,2,5-8H2,1H3,(H,16,19). The first-order valence-electron chi connectivity index (χ1n) is 6.82. The predicted molar refractivity (Wildman–Crippen MR) is 83.0 cm³/mol. The number of carbonyl (C=O) groups excluding carboxylic acids is 1. The van der Waals surface area contributed by atoms with Gasteiger partial charge in [-0.1, -0.05) is 11.6 Å². The quantitative estimate of drug-likeness (QED) is 0.907. The summed E-state index contributed by atoms with van der Waals surface area (Å²) in [4.78, 5) is 13.6. The molecule has 9 heteroatoms. The van der Waals surface area contributed by atoms with Gasteiger partial charge in [0.25, 0.3) is 0 Å². The first kappa shape index (κ1) is 17.0. The van der Waals surface area contributed by atoms with E-state index in [1.54, 1.807) is 6.92 Å². The van der Waals surface area contributed by atoms with Gasteiger partial charge in [0, 0.05) is 31.9 Å². The Morgan fingerprint density at radius 3 is 2.50 bits per heavy atom. The number of nitrogens with zero attached hydrogens (tertiary/aromatic N) is 2. The molecule has 22 heavy (non-hydrogen) atoms. The van der Waals surface area contributed by atoms with E-state index in [0.29, 0.717) is 18.8 Å². The average molecular weight is 350 g/mol. The summed E-state index contributed by atoms with van der Waals surface area (Å²) in [5, 5.41) is 2.54. The average Bonchev–Trinajstić information content (AvgIpc) is 2.51. The molecule has 2 rings (SSSR count). The van der Waals surface area contributed by atoms with Crippen molar-refractivity contribution >= 4 is 33.3 Å². The second-order valence-electron chi connectivity index (χ2n) is 4.85. The lowest BCUT2D eigenvalue weighted by Gasteiger charge is -2.33. The lowest BCUT2D eigenvalue weighted by molar-refractivity contribution is 0.184. The minimum absolute atomic E-state index is 0.0489. The molecule has 2 amide bonds. The molecular formula is C13H17ClFN3O3S. The van der Waals surface area contributed by atoms with E-state index in [4.69, 9.17) is 11.6 Å². The van der Waals surface area contributed by atoms with Gasteiger partial charge in [-0.3, -0.25) is 0 Å². The van der Waals surface area contributed by atoms with E-state index in [-0.39, 0.29) is 29.9 Å². The van der Waals surface area contributed by atoms with Gasteiger partial charge in [0.15, 0.2) is 0 Å². The zero-order valence-corrected chi connectivity index (χ0v) is 13.6. The number of halogens is 2. The molecule has 0 bridgehead atoms. The van der Waals surface area contributed by atoms with E-state index in [9.17, 15) is 17.6 Å². The Balaban J connectivity index is 1.94. The van der Waals surface area contributed by atoms with E-state index in [0.717, 1.165) is 0 Å². The molecule has 1 heterocycles. The molecule has 0 unspecified atom stereocenters. The Kier molecular flexibility index (Phi) is 5.25. The topological polar surface area (TPSA) is 69.7 Å². The summed E-state index contributed by atoms with van der Waals surface area (Å²) in [6.07, 6.45) is 0. The normalized spacial score (nSPS) is 16.6. The fourth-order valence-corrected chi connectivity index (χ4v) is 3.39. The number of amides is 2. The van der Waals surface area contributed by atoms with Gasteiger partial charge in [-0.2, -0.15) is 4.31 Å². The third-order valence-corrected chi connectivity index (χ3v) is 5.63. The van der Waals surface area contributed by atoms with Crippen molar-refractivity contribution in [3.63, 3.8) is 0 Å². The third-order valence-electron chi connectivity index (χ3n) is 3.45. The molecule has 0 saturated carbocycles. The zero-order chi connectivity index (χ0) is 16.3. The van der Waals surface area contributed by atoms with Crippen LogP contribution < -0.4 is 5.32 Å². The van der Waals surface area contributed by atoms with Crippen LogP contribution in [-0.4, -0.2) is 55.6 Å². The summed E-state index contributed by atoms with van der Waals surface area (Å²) in [6.45, 7) is 2.74. The van der Waals surface area contributed by atoms with Crippen LogP contribution in [0.3, 0.4) is 0 Å². The van der Waals surface area contributed by atoms with Crippen LogP contribution in [0, 0.1) is 5.82 Å². The summed E-state index contributed by atoms with van der Waals surface area (Å²) < 4.78 is 37.9. The molecule has 6 nitrogen and oxygen atoms in total. The van der Waals surface area contributed by atoms with Crippen LogP contribution in [-0.2, 0) is 10.0 Å². The van der Waals surface area contributed by atoms with Gasteiger partial charge in [-0.15, -0.1) is 0 Å². The van der Waals surface area contributed by atoms with Crippen molar-refractivity contribution < 1.29 is 17.6 Å². The van der Waals surface area contributed by atoms with Crippen LogP contribution in [0.5, 0.6) is 0 Å². The summed E-state index contributed by atoms with van der Waals surface area (Å²) in [6, 6.07) is 3.55. The van der Waals surface area contributed by atoms with Crippen molar-refractivity contribution in [3.8, 4) is 0 Å².